The molecule has 0 unspecified atom stereocenters. The van der Waals surface area contributed by atoms with Crippen LogP contribution in [0, 0.1) is 6.92 Å². The van der Waals surface area contributed by atoms with E-state index in [-0.39, 0.29) is 7.43 Å². The third-order valence-corrected chi connectivity index (χ3v) is 3.96. The van der Waals surface area contributed by atoms with Gasteiger partial charge in [-0.15, -0.1) is 0 Å². The largest absolute Gasteiger partial charge is 0.0776 e. The van der Waals surface area contributed by atoms with Crippen LogP contribution in [-0.2, 0) is 0 Å². The van der Waals surface area contributed by atoms with Crippen LogP contribution >= 0.6 is 0 Å². The lowest BCUT2D eigenvalue weighted by molar-refractivity contribution is 1.54. The molecule has 0 aliphatic carbocycles. The van der Waals surface area contributed by atoms with E-state index in [4.69, 9.17) is 0 Å². The second-order valence-corrected chi connectivity index (χ2v) is 5.16. The summed E-state index contributed by atoms with van der Waals surface area (Å²) < 4.78 is 0. The number of hydrogen-bond donors (Lipinski definition) is 0. The highest BCUT2D eigenvalue weighted by Gasteiger charge is 2.03. The maximum Gasteiger partial charge on any atom is -0.00989 e. The summed E-state index contributed by atoms with van der Waals surface area (Å²) in [5.41, 5.74) is 1.34. The zero-order valence-corrected chi connectivity index (χ0v) is 10.9. The van der Waals surface area contributed by atoms with E-state index in [0.717, 1.165) is 0 Å². The maximum atomic E-state index is 2.31. The van der Waals surface area contributed by atoms with E-state index in [2.05, 4.69) is 73.7 Å². The molecule has 0 N–H and O–H groups in total. The normalized spacial score (nSPS) is 10.8. The standard InChI is InChI=1S/C19H14.CH4/c1-13-5-4-8-18-17(13)10-9-16-11-14-6-2-3-7-15(14)12-19(16)18;/h2-12H,1H3;1H4. The van der Waals surface area contributed by atoms with Crippen LogP contribution in [0.4, 0.5) is 0 Å². The molecule has 0 aromatic heterocycles. The zero-order valence-electron chi connectivity index (χ0n) is 10.9. The molecule has 0 aliphatic rings. The van der Waals surface area contributed by atoms with Crippen LogP contribution in [0.5, 0.6) is 0 Å². The fourth-order valence-electron chi connectivity index (χ4n) is 2.94. The Morgan fingerprint density at radius 1 is 0.550 bits per heavy atom. The van der Waals surface area contributed by atoms with Gasteiger partial charge in [0.05, 0.1) is 0 Å². The van der Waals surface area contributed by atoms with Crippen molar-refractivity contribution in [1.82, 2.24) is 0 Å². The Bertz CT molecular complexity index is 917. The summed E-state index contributed by atoms with van der Waals surface area (Å²) in [6.45, 7) is 2.18. The van der Waals surface area contributed by atoms with Crippen LogP contribution in [0.1, 0.15) is 13.0 Å². The summed E-state index contributed by atoms with van der Waals surface area (Å²) in [6, 6.07) is 24.2. The predicted octanol–water partition coefficient (Wildman–Crippen LogP) is 6.09. The van der Waals surface area contributed by atoms with Gasteiger partial charge in [0.1, 0.15) is 0 Å². The summed E-state index contributed by atoms with van der Waals surface area (Å²) in [5.74, 6) is 0. The molecule has 0 saturated heterocycles. The minimum Gasteiger partial charge on any atom is -0.0776 e. The van der Waals surface area contributed by atoms with Crippen molar-refractivity contribution in [3.05, 3.63) is 72.3 Å². The smallest absolute Gasteiger partial charge is 0.00989 e. The molecule has 20 heavy (non-hydrogen) atoms. The Hall–Kier alpha value is -2.34. The van der Waals surface area contributed by atoms with Crippen molar-refractivity contribution in [2.45, 2.75) is 14.4 Å². The molecule has 0 radical (unpaired) electrons. The highest BCUT2D eigenvalue weighted by Crippen LogP contribution is 2.30. The minimum absolute atomic E-state index is 0. The molecule has 0 amide bonds. The average Bonchev–Trinajstić information content (AvgIpc) is 2.45. The Morgan fingerprint density at radius 2 is 1.30 bits per heavy atom. The van der Waals surface area contributed by atoms with E-state index in [9.17, 15) is 0 Å². The van der Waals surface area contributed by atoms with E-state index in [0.29, 0.717) is 0 Å². The average molecular weight is 258 g/mol. The van der Waals surface area contributed by atoms with Gasteiger partial charge >= 0.3 is 0 Å². The molecule has 0 heterocycles. The van der Waals surface area contributed by atoms with Gasteiger partial charge in [0.25, 0.3) is 0 Å². The molecule has 4 rings (SSSR count). The molecule has 98 valence electrons. The van der Waals surface area contributed by atoms with E-state index in [1.165, 1.54) is 37.9 Å². The Labute approximate surface area is 119 Å². The van der Waals surface area contributed by atoms with Crippen molar-refractivity contribution < 1.29 is 0 Å². The fourth-order valence-corrected chi connectivity index (χ4v) is 2.94. The summed E-state index contributed by atoms with van der Waals surface area (Å²) >= 11 is 0. The first-order valence-corrected chi connectivity index (χ1v) is 6.64. The zero-order chi connectivity index (χ0) is 12.8. The third-order valence-electron chi connectivity index (χ3n) is 3.96. The molecular formula is C20H18. The lowest BCUT2D eigenvalue weighted by Crippen LogP contribution is -1.82. The lowest BCUT2D eigenvalue weighted by atomic mass is 9.96. The number of hydrogen-bond acceptors (Lipinski definition) is 0. The van der Waals surface area contributed by atoms with Crippen LogP contribution in [0.2, 0.25) is 0 Å². The molecule has 0 nitrogen and oxygen atoms in total. The summed E-state index contributed by atoms with van der Waals surface area (Å²) in [4.78, 5) is 0. The molecular weight excluding hydrogens is 240 g/mol. The summed E-state index contributed by atoms with van der Waals surface area (Å²) in [6.07, 6.45) is 0. The van der Waals surface area contributed by atoms with Gasteiger partial charge in [-0.3, -0.25) is 0 Å². The number of rotatable bonds is 0. The fraction of sp³-hybridized carbons (Fsp3) is 0.100. The third kappa shape index (κ3) is 1.77. The van der Waals surface area contributed by atoms with Crippen LogP contribution in [0.3, 0.4) is 0 Å². The first kappa shape index (κ1) is 12.7. The Morgan fingerprint density at radius 3 is 2.10 bits per heavy atom. The molecule has 0 bridgehead atoms. The SMILES string of the molecule is C.Cc1cccc2c1ccc1cc3ccccc3cc12. The molecule has 0 spiro atoms. The second-order valence-electron chi connectivity index (χ2n) is 5.16. The van der Waals surface area contributed by atoms with Gasteiger partial charge < -0.3 is 0 Å². The number of benzene rings is 4. The first-order valence-electron chi connectivity index (χ1n) is 6.64. The van der Waals surface area contributed by atoms with Gasteiger partial charge in [0.2, 0.25) is 0 Å². The van der Waals surface area contributed by atoms with E-state index >= 15 is 0 Å². The van der Waals surface area contributed by atoms with Gasteiger partial charge in [-0.05, 0) is 56.9 Å². The Balaban J connectivity index is 0.00000121. The maximum absolute atomic E-state index is 2.31. The predicted molar refractivity (Wildman–Crippen MR) is 90.4 cm³/mol. The minimum atomic E-state index is 0. The van der Waals surface area contributed by atoms with Crippen LogP contribution in [-0.4, -0.2) is 0 Å². The lowest BCUT2D eigenvalue weighted by Gasteiger charge is -2.08. The van der Waals surface area contributed by atoms with E-state index < -0.39 is 0 Å². The second kappa shape index (κ2) is 4.64. The van der Waals surface area contributed by atoms with Gasteiger partial charge in [0, 0.05) is 0 Å². The molecule has 0 fully saturated rings. The monoisotopic (exact) mass is 258 g/mol. The molecule has 0 atom stereocenters. The van der Waals surface area contributed by atoms with Gasteiger partial charge in [0.15, 0.2) is 0 Å². The molecule has 0 heteroatoms. The summed E-state index contributed by atoms with van der Waals surface area (Å²) in [5, 5.41) is 7.98. The van der Waals surface area contributed by atoms with Crippen molar-refractivity contribution in [2.75, 3.05) is 0 Å². The van der Waals surface area contributed by atoms with Gasteiger partial charge in [-0.25, -0.2) is 0 Å². The van der Waals surface area contributed by atoms with Crippen molar-refractivity contribution in [2.24, 2.45) is 0 Å². The Kier molecular flexibility index (Phi) is 2.94. The highest BCUT2D eigenvalue weighted by atomic mass is 14.1. The molecule has 0 saturated carbocycles. The molecule has 4 aromatic rings. The molecule has 4 aromatic carbocycles. The van der Waals surface area contributed by atoms with E-state index in [1.54, 1.807) is 0 Å². The topological polar surface area (TPSA) is 0 Å². The quantitative estimate of drug-likeness (QED) is 0.264. The van der Waals surface area contributed by atoms with Crippen molar-refractivity contribution >= 4 is 32.3 Å². The van der Waals surface area contributed by atoms with Crippen molar-refractivity contribution in [3.63, 3.8) is 0 Å². The van der Waals surface area contributed by atoms with Crippen LogP contribution < -0.4 is 0 Å². The number of fused-ring (bicyclic) bond motifs is 4. The molecule has 0 aliphatic heterocycles. The van der Waals surface area contributed by atoms with Gasteiger partial charge in [-0.1, -0.05) is 62.0 Å². The van der Waals surface area contributed by atoms with Crippen molar-refractivity contribution in [1.29, 1.82) is 0 Å². The van der Waals surface area contributed by atoms with Crippen LogP contribution in [0.25, 0.3) is 32.3 Å². The first-order chi connectivity index (χ1) is 9.33. The van der Waals surface area contributed by atoms with Gasteiger partial charge in [-0.2, -0.15) is 0 Å². The van der Waals surface area contributed by atoms with E-state index in [1.807, 2.05) is 0 Å². The number of aryl methyl sites for hydroxylation is 1. The van der Waals surface area contributed by atoms with Crippen molar-refractivity contribution in [3.8, 4) is 0 Å². The van der Waals surface area contributed by atoms with Crippen LogP contribution in [0.15, 0.2) is 66.7 Å². The highest BCUT2D eigenvalue weighted by molar-refractivity contribution is 6.12. The summed E-state index contributed by atoms with van der Waals surface area (Å²) in [7, 11) is 0.